The Labute approximate surface area is 101 Å². The average molecular weight is 240 g/mol. The Morgan fingerprint density at radius 3 is 2.47 bits per heavy atom. The minimum absolute atomic E-state index is 0.0551. The predicted molar refractivity (Wildman–Crippen MR) is 62.7 cm³/mol. The zero-order valence-corrected chi connectivity index (χ0v) is 10.3. The summed E-state index contributed by atoms with van der Waals surface area (Å²) < 4.78 is 0. The molecule has 4 nitrogen and oxygen atoms in total. The molecule has 1 saturated carbocycles. The summed E-state index contributed by atoms with van der Waals surface area (Å²) in [6, 6.07) is 0. The smallest absolute Gasteiger partial charge is 0.317 e. The third kappa shape index (κ3) is 3.38. The normalized spacial score (nSPS) is 26.1. The third-order valence-electron chi connectivity index (χ3n) is 3.60. The maximum Gasteiger partial charge on any atom is 0.317 e. The minimum Gasteiger partial charge on any atom is -0.480 e. The first-order valence-corrected chi connectivity index (χ1v) is 6.25. The monoisotopic (exact) mass is 240 g/mol. The maximum atomic E-state index is 12.1. The second kappa shape index (κ2) is 5.94. The first kappa shape index (κ1) is 13.9. The molecule has 0 unspecified atom stereocenters. The Morgan fingerprint density at radius 1 is 1.24 bits per heavy atom. The van der Waals surface area contributed by atoms with E-state index in [1.165, 1.54) is 6.92 Å². The zero-order valence-electron chi connectivity index (χ0n) is 10.3. The number of hydrogen-bond acceptors (Lipinski definition) is 3. The Kier molecular flexibility index (Phi) is 4.85. The van der Waals surface area contributed by atoms with Gasteiger partial charge in [0.2, 0.25) is 0 Å². The number of aliphatic carboxylic acids is 1. The van der Waals surface area contributed by atoms with Gasteiger partial charge in [0.25, 0.3) is 0 Å². The van der Waals surface area contributed by atoms with Crippen LogP contribution in [0.5, 0.6) is 0 Å². The van der Waals surface area contributed by atoms with Crippen LogP contribution in [0.4, 0.5) is 0 Å². The molecule has 1 atom stereocenters. The summed E-state index contributed by atoms with van der Waals surface area (Å²) in [5.41, 5.74) is -1.30. The van der Waals surface area contributed by atoms with Crippen LogP contribution in [0, 0.1) is 5.41 Å². The van der Waals surface area contributed by atoms with Crippen molar-refractivity contribution in [2.75, 3.05) is 0 Å². The number of rotatable bonds is 4. The summed E-state index contributed by atoms with van der Waals surface area (Å²) in [5.74, 6) is -1.29. The van der Waals surface area contributed by atoms with Crippen molar-refractivity contribution in [1.82, 2.24) is 0 Å². The SMILES string of the molecule is CC(=O)CC[C@]1(C(=O)O)CCCCCCC1=O. The number of ketones is 2. The first-order chi connectivity index (χ1) is 7.99. The van der Waals surface area contributed by atoms with E-state index in [0.29, 0.717) is 12.8 Å². The molecule has 0 aromatic rings. The molecule has 0 aromatic heterocycles. The predicted octanol–water partition coefficient (Wildman–Crippen LogP) is 2.35. The molecule has 0 heterocycles. The van der Waals surface area contributed by atoms with Crippen molar-refractivity contribution in [3.8, 4) is 0 Å². The van der Waals surface area contributed by atoms with Crippen LogP contribution in [0.15, 0.2) is 0 Å². The lowest BCUT2D eigenvalue weighted by Gasteiger charge is -2.29. The van der Waals surface area contributed by atoms with Gasteiger partial charge in [-0.05, 0) is 26.2 Å². The Hall–Kier alpha value is -1.19. The van der Waals surface area contributed by atoms with Crippen LogP contribution < -0.4 is 0 Å². The molecule has 0 radical (unpaired) electrons. The number of carboxylic acid groups (broad SMARTS) is 1. The van der Waals surface area contributed by atoms with Crippen LogP contribution in [0.2, 0.25) is 0 Å². The highest BCUT2D eigenvalue weighted by molar-refractivity contribution is 6.03. The van der Waals surface area contributed by atoms with Crippen LogP contribution in [0.1, 0.15) is 58.3 Å². The van der Waals surface area contributed by atoms with Crippen LogP contribution in [-0.4, -0.2) is 22.6 Å². The van der Waals surface area contributed by atoms with Gasteiger partial charge in [-0.2, -0.15) is 0 Å². The fourth-order valence-electron chi connectivity index (χ4n) is 2.43. The first-order valence-electron chi connectivity index (χ1n) is 6.25. The lowest BCUT2D eigenvalue weighted by molar-refractivity contribution is -0.156. The van der Waals surface area contributed by atoms with Gasteiger partial charge in [-0.25, -0.2) is 0 Å². The van der Waals surface area contributed by atoms with E-state index in [9.17, 15) is 19.5 Å². The molecule has 96 valence electrons. The van der Waals surface area contributed by atoms with Gasteiger partial charge in [0.1, 0.15) is 17.0 Å². The van der Waals surface area contributed by atoms with Gasteiger partial charge in [-0.15, -0.1) is 0 Å². The van der Waals surface area contributed by atoms with Crippen molar-refractivity contribution in [3.63, 3.8) is 0 Å². The average Bonchev–Trinajstić information content (AvgIpc) is 2.23. The number of carbonyl (C=O) groups is 3. The molecule has 1 aliphatic rings. The van der Waals surface area contributed by atoms with Crippen LogP contribution >= 0.6 is 0 Å². The van der Waals surface area contributed by atoms with Gasteiger partial charge in [-0.3, -0.25) is 9.59 Å². The van der Waals surface area contributed by atoms with Crippen molar-refractivity contribution in [2.45, 2.75) is 58.3 Å². The zero-order chi connectivity index (χ0) is 12.9. The molecule has 0 bridgehead atoms. The van der Waals surface area contributed by atoms with E-state index < -0.39 is 11.4 Å². The summed E-state index contributed by atoms with van der Waals surface area (Å²) in [6.45, 7) is 1.43. The summed E-state index contributed by atoms with van der Waals surface area (Å²) >= 11 is 0. The van der Waals surface area contributed by atoms with Crippen molar-refractivity contribution in [1.29, 1.82) is 0 Å². The Bertz CT molecular complexity index is 321. The summed E-state index contributed by atoms with van der Waals surface area (Å²) in [6.07, 6.45) is 4.56. The highest BCUT2D eigenvalue weighted by Gasteiger charge is 2.44. The fourth-order valence-corrected chi connectivity index (χ4v) is 2.43. The molecule has 4 heteroatoms. The maximum absolute atomic E-state index is 12.1. The van der Waals surface area contributed by atoms with Gasteiger partial charge in [-0.1, -0.05) is 19.3 Å². The van der Waals surface area contributed by atoms with Crippen LogP contribution in [-0.2, 0) is 14.4 Å². The lowest BCUT2D eigenvalue weighted by atomic mass is 9.72. The number of carboxylic acids is 1. The van der Waals surface area contributed by atoms with Crippen molar-refractivity contribution in [3.05, 3.63) is 0 Å². The summed E-state index contributed by atoms with van der Waals surface area (Å²) in [4.78, 5) is 34.5. The molecule has 1 rings (SSSR count). The van der Waals surface area contributed by atoms with Crippen LogP contribution in [0.3, 0.4) is 0 Å². The Balaban J connectivity index is 2.87. The molecule has 0 spiro atoms. The van der Waals surface area contributed by atoms with E-state index >= 15 is 0 Å². The highest BCUT2D eigenvalue weighted by Crippen LogP contribution is 2.36. The number of hydrogen-bond donors (Lipinski definition) is 1. The van der Waals surface area contributed by atoms with E-state index in [4.69, 9.17) is 0 Å². The van der Waals surface area contributed by atoms with Crippen molar-refractivity contribution < 1.29 is 19.5 Å². The molecule has 17 heavy (non-hydrogen) atoms. The van der Waals surface area contributed by atoms with Gasteiger partial charge in [0, 0.05) is 12.8 Å². The quantitative estimate of drug-likeness (QED) is 0.766. The largest absolute Gasteiger partial charge is 0.480 e. The molecular weight excluding hydrogens is 220 g/mol. The number of Topliss-reactive ketones (excluding diaryl/α,β-unsaturated/α-hetero) is 2. The molecule has 1 N–H and O–H groups in total. The van der Waals surface area contributed by atoms with Gasteiger partial charge < -0.3 is 9.90 Å². The Morgan fingerprint density at radius 2 is 1.88 bits per heavy atom. The van der Waals surface area contributed by atoms with Crippen LogP contribution in [0.25, 0.3) is 0 Å². The highest BCUT2D eigenvalue weighted by atomic mass is 16.4. The topological polar surface area (TPSA) is 71.4 Å². The van der Waals surface area contributed by atoms with Gasteiger partial charge >= 0.3 is 5.97 Å². The third-order valence-corrected chi connectivity index (χ3v) is 3.60. The molecule has 0 saturated heterocycles. The molecular formula is C13H20O4. The molecule has 1 fully saturated rings. The van der Waals surface area contributed by atoms with Crippen molar-refractivity contribution >= 4 is 17.5 Å². The standard InChI is InChI=1S/C13H20O4/c1-10(14)7-9-13(12(16)17)8-5-3-2-4-6-11(13)15/h2-9H2,1H3,(H,16,17)/t13-/m1/s1. The molecule has 0 aromatic carbocycles. The molecule has 1 aliphatic carbocycles. The van der Waals surface area contributed by atoms with Gasteiger partial charge in [0.15, 0.2) is 0 Å². The molecule has 0 amide bonds. The van der Waals surface area contributed by atoms with E-state index in [1.807, 2.05) is 0 Å². The summed E-state index contributed by atoms with van der Waals surface area (Å²) in [5, 5.41) is 9.36. The van der Waals surface area contributed by atoms with E-state index in [1.54, 1.807) is 0 Å². The minimum atomic E-state index is -1.30. The van der Waals surface area contributed by atoms with Gasteiger partial charge in [0.05, 0.1) is 0 Å². The van der Waals surface area contributed by atoms with Crippen molar-refractivity contribution in [2.24, 2.45) is 5.41 Å². The van der Waals surface area contributed by atoms with E-state index in [2.05, 4.69) is 0 Å². The van der Waals surface area contributed by atoms with E-state index in [0.717, 1.165) is 25.7 Å². The second-order valence-corrected chi connectivity index (χ2v) is 4.93. The summed E-state index contributed by atoms with van der Waals surface area (Å²) in [7, 11) is 0. The number of carbonyl (C=O) groups excluding carboxylic acids is 2. The second-order valence-electron chi connectivity index (χ2n) is 4.93. The van der Waals surface area contributed by atoms with E-state index in [-0.39, 0.29) is 24.4 Å². The fraction of sp³-hybridized carbons (Fsp3) is 0.769. The lowest BCUT2D eigenvalue weighted by Crippen LogP contribution is -2.40. The molecule has 0 aliphatic heterocycles.